The van der Waals surface area contributed by atoms with Gasteiger partial charge in [-0.2, -0.15) is 0 Å². The topological polar surface area (TPSA) is 80.8 Å². The standard InChI is InChI=1S/C23H25N3O4S/c1-16(27)26(12-11-17-7-5-4-6-8-17)14-22(28)25-23-24-20(15-31-23)19-13-18(29-2)9-10-21(19)30-3/h4-10,13,15H,11-12,14H2,1-3H3,(H,24,25,28). The summed E-state index contributed by atoms with van der Waals surface area (Å²) in [6.07, 6.45) is 0.685. The van der Waals surface area contributed by atoms with Gasteiger partial charge in [-0.25, -0.2) is 4.98 Å². The van der Waals surface area contributed by atoms with Gasteiger partial charge in [0.25, 0.3) is 0 Å². The summed E-state index contributed by atoms with van der Waals surface area (Å²) in [6.45, 7) is 1.91. The average molecular weight is 440 g/mol. The van der Waals surface area contributed by atoms with E-state index in [1.165, 1.54) is 23.2 Å². The van der Waals surface area contributed by atoms with Crippen LogP contribution in [0.5, 0.6) is 11.5 Å². The van der Waals surface area contributed by atoms with Crippen LogP contribution in [-0.2, 0) is 16.0 Å². The molecular weight excluding hydrogens is 414 g/mol. The Bertz CT molecular complexity index is 1040. The number of thiazole rings is 1. The highest BCUT2D eigenvalue weighted by molar-refractivity contribution is 7.14. The van der Waals surface area contributed by atoms with Gasteiger partial charge >= 0.3 is 0 Å². The molecule has 0 saturated heterocycles. The number of carbonyl (C=O) groups excluding carboxylic acids is 2. The van der Waals surface area contributed by atoms with Crippen molar-refractivity contribution >= 4 is 28.3 Å². The van der Waals surface area contributed by atoms with Crippen molar-refractivity contribution in [2.75, 3.05) is 32.6 Å². The fraction of sp³-hybridized carbons (Fsp3) is 0.261. The van der Waals surface area contributed by atoms with Gasteiger partial charge in [0, 0.05) is 24.4 Å². The van der Waals surface area contributed by atoms with Crippen molar-refractivity contribution in [1.82, 2.24) is 9.88 Å². The Morgan fingerprint density at radius 1 is 1.10 bits per heavy atom. The van der Waals surface area contributed by atoms with E-state index in [1.807, 2.05) is 53.9 Å². The number of amides is 2. The molecule has 0 spiro atoms. The molecule has 0 aliphatic rings. The second-order valence-electron chi connectivity index (χ2n) is 6.83. The highest BCUT2D eigenvalue weighted by Crippen LogP contribution is 2.35. The summed E-state index contributed by atoms with van der Waals surface area (Å²) in [5, 5.41) is 5.08. The number of nitrogens with one attached hydrogen (secondary N) is 1. The Hall–Kier alpha value is -3.39. The molecule has 0 fully saturated rings. The van der Waals surface area contributed by atoms with E-state index < -0.39 is 0 Å². The first-order chi connectivity index (χ1) is 15.0. The van der Waals surface area contributed by atoms with Crippen LogP contribution in [0.25, 0.3) is 11.3 Å². The van der Waals surface area contributed by atoms with Crippen LogP contribution in [0, 0.1) is 0 Å². The van der Waals surface area contributed by atoms with Gasteiger partial charge in [-0.3, -0.25) is 9.59 Å². The Morgan fingerprint density at radius 3 is 2.55 bits per heavy atom. The molecule has 1 N–H and O–H groups in total. The van der Waals surface area contributed by atoms with Crippen molar-refractivity contribution in [1.29, 1.82) is 0 Å². The van der Waals surface area contributed by atoms with E-state index >= 15 is 0 Å². The van der Waals surface area contributed by atoms with Gasteiger partial charge in [0.15, 0.2) is 5.13 Å². The van der Waals surface area contributed by atoms with E-state index in [4.69, 9.17) is 9.47 Å². The van der Waals surface area contributed by atoms with E-state index in [0.29, 0.717) is 35.3 Å². The molecule has 31 heavy (non-hydrogen) atoms. The van der Waals surface area contributed by atoms with Crippen molar-refractivity contribution < 1.29 is 19.1 Å². The van der Waals surface area contributed by atoms with E-state index in [-0.39, 0.29) is 18.4 Å². The number of hydrogen-bond donors (Lipinski definition) is 1. The minimum Gasteiger partial charge on any atom is -0.497 e. The van der Waals surface area contributed by atoms with E-state index in [9.17, 15) is 9.59 Å². The van der Waals surface area contributed by atoms with Gasteiger partial charge < -0.3 is 19.7 Å². The molecule has 1 heterocycles. The quantitative estimate of drug-likeness (QED) is 0.548. The monoisotopic (exact) mass is 439 g/mol. The van der Waals surface area contributed by atoms with Crippen LogP contribution >= 0.6 is 11.3 Å². The minimum absolute atomic E-state index is 0.0282. The van der Waals surface area contributed by atoms with E-state index in [1.54, 1.807) is 14.2 Å². The number of carbonyl (C=O) groups is 2. The number of nitrogens with zero attached hydrogens (tertiary/aromatic N) is 2. The number of aromatic nitrogens is 1. The fourth-order valence-electron chi connectivity index (χ4n) is 3.06. The van der Waals surface area contributed by atoms with Crippen LogP contribution in [0.1, 0.15) is 12.5 Å². The lowest BCUT2D eigenvalue weighted by Gasteiger charge is -2.20. The lowest BCUT2D eigenvalue weighted by atomic mass is 10.1. The van der Waals surface area contributed by atoms with Gasteiger partial charge in [-0.05, 0) is 30.2 Å². The van der Waals surface area contributed by atoms with Crippen molar-refractivity contribution in [2.24, 2.45) is 0 Å². The van der Waals surface area contributed by atoms with Gasteiger partial charge in [0.2, 0.25) is 11.8 Å². The molecule has 0 atom stereocenters. The zero-order chi connectivity index (χ0) is 22.2. The summed E-state index contributed by atoms with van der Waals surface area (Å²) in [5.41, 5.74) is 2.56. The van der Waals surface area contributed by atoms with Gasteiger partial charge in [0.1, 0.15) is 11.5 Å². The molecule has 0 bridgehead atoms. The maximum absolute atomic E-state index is 12.5. The maximum Gasteiger partial charge on any atom is 0.245 e. The Labute approximate surface area is 185 Å². The molecule has 8 heteroatoms. The van der Waals surface area contributed by atoms with Crippen LogP contribution in [0.4, 0.5) is 5.13 Å². The predicted molar refractivity (Wildman–Crippen MR) is 122 cm³/mol. The fourth-order valence-corrected chi connectivity index (χ4v) is 3.78. The molecule has 162 valence electrons. The molecule has 0 saturated carbocycles. The summed E-state index contributed by atoms with van der Waals surface area (Å²) >= 11 is 1.31. The SMILES string of the molecule is COc1ccc(OC)c(-c2csc(NC(=O)CN(CCc3ccccc3)C(C)=O)n2)c1. The smallest absolute Gasteiger partial charge is 0.245 e. The lowest BCUT2D eigenvalue weighted by molar-refractivity contribution is -0.132. The number of rotatable bonds is 9. The normalized spacial score (nSPS) is 10.4. The third-order valence-corrected chi connectivity index (χ3v) is 5.48. The highest BCUT2D eigenvalue weighted by atomic mass is 32.1. The van der Waals surface area contributed by atoms with Crippen LogP contribution < -0.4 is 14.8 Å². The molecule has 0 aliphatic carbocycles. The Morgan fingerprint density at radius 2 is 1.87 bits per heavy atom. The minimum atomic E-state index is -0.290. The molecule has 0 unspecified atom stereocenters. The number of methoxy groups -OCH3 is 2. The van der Waals surface area contributed by atoms with Gasteiger partial charge in [0.05, 0.1) is 26.5 Å². The third kappa shape index (κ3) is 6.05. The van der Waals surface area contributed by atoms with Crippen LogP contribution in [0.2, 0.25) is 0 Å². The summed E-state index contributed by atoms with van der Waals surface area (Å²) in [4.78, 5) is 30.5. The van der Waals surface area contributed by atoms with Gasteiger partial charge in [-0.15, -0.1) is 11.3 Å². The second kappa shape index (κ2) is 10.6. The molecule has 0 radical (unpaired) electrons. The van der Waals surface area contributed by atoms with E-state index in [0.717, 1.165) is 11.1 Å². The van der Waals surface area contributed by atoms with Gasteiger partial charge in [-0.1, -0.05) is 30.3 Å². The number of anilines is 1. The van der Waals surface area contributed by atoms with Crippen LogP contribution in [0.3, 0.4) is 0 Å². The van der Waals surface area contributed by atoms with Crippen molar-refractivity contribution in [2.45, 2.75) is 13.3 Å². The van der Waals surface area contributed by atoms with Crippen molar-refractivity contribution in [3.63, 3.8) is 0 Å². The first-order valence-electron chi connectivity index (χ1n) is 9.77. The Balaban J connectivity index is 1.64. The summed E-state index contributed by atoms with van der Waals surface area (Å²) in [5.74, 6) is 0.909. The predicted octanol–water partition coefficient (Wildman–Crippen LogP) is 3.86. The largest absolute Gasteiger partial charge is 0.497 e. The second-order valence-corrected chi connectivity index (χ2v) is 7.69. The molecule has 3 aromatic rings. The number of hydrogen-bond acceptors (Lipinski definition) is 6. The van der Waals surface area contributed by atoms with Crippen LogP contribution in [0.15, 0.2) is 53.9 Å². The van der Waals surface area contributed by atoms with E-state index in [2.05, 4.69) is 10.3 Å². The molecular formula is C23H25N3O4S. The van der Waals surface area contributed by atoms with Crippen molar-refractivity contribution in [3.05, 3.63) is 59.5 Å². The summed E-state index contributed by atoms with van der Waals surface area (Å²) < 4.78 is 10.7. The first kappa shape index (κ1) is 22.3. The molecule has 1 aromatic heterocycles. The lowest BCUT2D eigenvalue weighted by Crippen LogP contribution is -2.37. The molecule has 7 nitrogen and oxygen atoms in total. The molecule has 3 rings (SSSR count). The third-order valence-electron chi connectivity index (χ3n) is 4.73. The molecule has 2 amide bonds. The van der Waals surface area contributed by atoms with Crippen LogP contribution in [-0.4, -0.2) is 49.0 Å². The highest BCUT2D eigenvalue weighted by Gasteiger charge is 2.16. The summed E-state index contributed by atoms with van der Waals surface area (Å²) in [6, 6.07) is 15.3. The zero-order valence-electron chi connectivity index (χ0n) is 17.8. The Kier molecular flexibility index (Phi) is 7.61. The summed E-state index contributed by atoms with van der Waals surface area (Å²) in [7, 11) is 3.18. The number of benzene rings is 2. The first-order valence-corrected chi connectivity index (χ1v) is 10.7. The zero-order valence-corrected chi connectivity index (χ0v) is 18.6. The molecule has 0 aliphatic heterocycles. The molecule has 2 aromatic carbocycles. The van der Waals surface area contributed by atoms with Crippen molar-refractivity contribution in [3.8, 4) is 22.8 Å². The number of ether oxygens (including phenoxy) is 2. The maximum atomic E-state index is 12.5. The average Bonchev–Trinajstić information content (AvgIpc) is 3.24.